The van der Waals surface area contributed by atoms with Crippen LogP contribution in [0.25, 0.3) is 0 Å². The molecule has 91 heavy (non-hydrogen) atoms. The number of rotatable bonds is 70. The first-order valence-electron chi connectivity index (χ1n) is 37.7. The van der Waals surface area contributed by atoms with Gasteiger partial charge in [0.2, 0.25) is 0 Å². The topological polar surface area (TPSA) is 134 Å². The molecule has 0 saturated heterocycles. The molecule has 0 aliphatic carbocycles. The van der Waals surface area contributed by atoms with Crippen LogP contribution >= 0.6 is 7.82 Å². The van der Waals surface area contributed by atoms with E-state index < -0.39 is 26.5 Å². The van der Waals surface area contributed by atoms with Crippen molar-refractivity contribution in [2.75, 3.05) is 26.4 Å². The van der Waals surface area contributed by atoms with Gasteiger partial charge in [-0.3, -0.25) is 18.6 Å². The van der Waals surface area contributed by atoms with Crippen LogP contribution in [-0.2, 0) is 32.7 Å². The highest BCUT2D eigenvalue weighted by Gasteiger charge is 2.26. The molecule has 0 rings (SSSR count). The van der Waals surface area contributed by atoms with Crippen molar-refractivity contribution in [3.8, 4) is 0 Å². The Labute approximate surface area is 561 Å². The van der Waals surface area contributed by atoms with Gasteiger partial charge in [0, 0.05) is 19.4 Å². The molecule has 522 valence electrons. The van der Waals surface area contributed by atoms with E-state index in [0.29, 0.717) is 6.42 Å². The molecule has 3 N–H and O–H groups in total. The van der Waals surface area contributed by atoms with Crippen LogP contribution in [0.4, 0.5) is 0 Å². The van der Waals surface area contributed by atoms with Crippen molar-refractivity contribution in [2.24, 2.45) is 5.73 Å². The molecule has 0 aromatic rings. The van der Waals surface area contributed by atoms with Crippen LogP contribution in [0.1, 0.15) is 335 Å². The number of phosphoric ester groups is 1. The minimum Gasteiger partial charge on any atom is -0.462 e. The van der Waals surface area contributed by atoms with E-state index in [1.54, 1.807) is 0 Å². The van der Waals surface area contributed by atoms with Crippen molar-refractivity contribution in [2.45, 2.75) is 341 Å². The summed E-state index contributed by atoms with van der Waals surface area (Å²) in [6, 6.07) is 0. The van der Waals surface area contributed by atoms with Gasteiger partial charge in [0.25, 0.3) is 0 Å². The first-order valence-corrected chi connectivity index (χ1v) is 39.2. The number of unbranched alkanes of at least 4 members (excludes halogenated alkanes) is 35. The third-order valence-electron chi connectivity index (χ3n) is 16.0. The largest absolute Gasteiger partial charge is 0.472 e. The average Bonchev–Trinajstić information content (AvgIpc) is 3.74. The van der Waals surface area contributed by atoms with Crippen LogP contribution in [0, 0.1) is 0 Å². The van der Waals surface area contributed by atoms with Gasteiger partial charge in [-0.05, 0) is 116 Å². The summed E-state index contributed by atoms with van der Waals surface area (Å²) >= 11 is 0. The van der Waals surface area contributed by atoms with Gasteiger partial charge >= 0.3 is 19.8 Å². The second-order valence-corrected chi connectivity index (χ2v) is 26.2. The zero-order chi connectivity index (χ0) is 65.8. The molecule has 0 aromatic heterocycles. The molecule has 0 fully saturated rings. The molecule has 2 unspecified atom stereocenters. The van der Waals surface area contributed by atoms with Crippen molar-refractivity contribution in [3.63, 3.8) is 0 Å². The third-order valence-corrected chi connectivity index (χ3v) is 17.0. The smallest absolute Gasteiger partial charge is 0.462 e. The quantitative estimate of drug-likeness (QED) is 0.0264. The second-order valence-electron chi connectivity index (χ2n) is 24.8. The highest BCUT2D eigenvalue weighted by atomic mass is 31.2. The van der Waals surface area contributed by atoms with Crippen LogP contribution in [0.15, 0.2) is 134 Å². The maximum atomic E-state index is 12.8. The van der Waals surface area contributed by atoms with E-state index in [1.165, 1.54) is 193 Å². The minimum atomic E-state index is -4.40. The lowest BCUT2D eigenvalue weighted by Crippen LogP contribution is -2.29. The molecule has 0 aromatic carbocycles. The molecule has 0 bridgehead atoms. The van der Waals surface area contributed by atoms with E-state index in [-0.39, 0.29) is 38.6 Å². The van der Waals surface area contributed by atoms with Gasteiger partial charge < -0.3 is 20.1 Å². The standard InChI is InChI=1S/C81H140NO8P/c1-3-5-7-9-11-13-15-17-19-21-23-25-27-29-31-33-35-37-38-39-40-42-44-46-48-50-52-54-56-58-60-62-64-66-68-70-72-74-81(84)90-79(78-89-91(85,86)88-76-75-82)77-87-80(83)73-71-69-67-65-63-61-59-57-55-53-51-49-47-45-43-41-36-34-32-30-28-26-24-22-20-18-16-14-12-10-8-6-4-2/h5,7,11,13,16-19,22-25,29,31,35,37,39-40,44,46,50,52,79H,3-4,6,8-10,12,14-15,20-21,26-28,30,32-34,36,38,41-43,45,47-49,51,53-78,82H2,1-2H3,(H,85,86)/b7-5-,13-11-,18-16-,19-17-,24-22-,25-23-,31-29-,37-35-,40-39-,46-44-,52-50-. The second kappa shape index (κ2) is 75.2. The van der Waals surface area contributed by atoms with Gasteiger partial charge in [0.1, 0.15) is 6.61 Å². The monoisotopic (exact) mass is 1290 g/mol. The third kappa shape index (κ3) is 75.1. The highest BCUT2D eigenvalue weighted by Crippen LogP contribution is 2.43. The Kier molecular flexibility index (Phi) is 72.0. The summed E-state index contributed by atoms with van der Waals surface area (Å²) in [5, 5.41) is 0. The lowest BCUT2D eigenvalue weighted by Gasteiger charge is -2.19. The van der Waals surface area contributed by atoms with Crippen LogP contribution in [0.2, 0.25) is 0 Å². The normalized spacial score (nSPS) is 13.7. The molecule has 0 saturated carbocycles. The Balaban J connectivity index is 3.90. The SMILES string of the molecule is CC/C=C\C/C=C\C/C=C\C/C=C\C/C=C\C/C=C\C/C=C\C/C=C\C/C=C\CCCCCCCCCCCC(=O)OC(COC(=O)CCCCCCCCCCCCCCCCCCCCCCC/C=C\C/C=C\CCCCCCC)COP(=O)(O)OCCN. The van der Waals surface area contributed by atoms with Crippen molar-refractivity contribution in [3.05, 3.63) is 134 Å². The summed E-state index contributed by atoms with van der Waals surface area (Å²) < 4.78 is 33.2. The molecular formula is C81H140NO8P. The van der Waals surface area contributed by atoms with E-state index in [4.69, 9.17) is 24.3 Å². The lowest BCUT2D eigenvalue weighted by molar-refractivity contribution is -0.161. The summed E-state index contributed by atoms with van der Waals surface area (Å²) in [6.07, 6.45) is 107. The summed E-state index contributed by atoms with van der Waals surface area (Å²) in [6.45, 7) is 3.64. The molecule has 9 nitrogen and oxygen atoms in total. The zero-order valence-electron chi connectivity index (χ0n) is 58.8. The number of ether oxygens (including phenoxy) is 2. The summed E-state index contributed by atoms with van der Waals surface area (Å²) in [5.41, 5.74) is 5.41. The Morgan fingerprint density at radius 2 is 0.604 bits per heavy atom. The van der Waals surface area contributed by atoms with E-state index in [1.807, 2.05) is 0 Å². The molecule has 10 heteroatoms. The number of esters is 2. The predicted octanol–water partition coefficient (Wildman–Crippen LogP) is 25.2. The van der Waals surface area contributed by atoms with Crippen LogP contribution in [-0.4, -0.2) is 49.3 Å². The van der Waals surface area contributed by atoms with Gasteiger partial charge in [0.05, 0.1) is 13.2 Å². The number of hydrogen-bond donors (Lipinski definition) is 2. The van der Waals surface area contributed by atoms with Gasteiger partial charge in [-0.1, -0.05) is 340 Å². The Bertz CT molecular complexity index is 1960. The molecule has 2 atom stereocenters. The lowest BCUT2D eigenvalue weighted by atomic mass is 10.0. The van der Waals surface area contributed by atoms with Gasteiger partial charge in [-0.15, -0.1) is 0 Å². The van der Waals surface area contributed by atoms with Gasteiger partial charge in [0.15, 0.2) is 6.10 Å². The number of carbonyl (C=O) groups is 2. The van der Waals surface area contributed by atoms with E-state index in [2.05, 4.69) is 148 Å². The molecule has 0 spiro atoms. The summed E-state index contributed by atoms with van der Waals surface area (Å²) in [5.74, 6) is -0.829. The number of carbonyl (C=O) groups excluding carboxylic acids is 2. The summed E-state index contributed by atoms with van der Waals surface area (Å²) in [4.78, 5) is 35.4. The van der Waals surface area contributed by atoms with Crippen molar-refractivity contribution in [1.82, 2.24) is 0 Å². The Morgan fingerprint density at radius 1 is 0.341 bits per heavy atom. The van der Waals surface area contributed by atoms with E-state index in [0.717, 1.165) is 109 Å². The number of allylic oxidation sites excluding steroid dienone is 22. The van der Waals surface area contributed by atoms with Gasteiger partial charge in [-0.2, -0.15) is 0 Å². The predicted molar refractivity (Wildman–Crippen MR) is 394 cm³/mol. The first-order chi connectivity index (χ1) is 44.8. The fourth-order valence-corrected chi connectivity index (χ4v) is 11.3. The average molecular weight is 1290 g/mol. The minimum absolute atomic E-state index is 0.0479. The molecule has 0 radical (unpaired) electrons. The Hall–Kier alpha value is -3.85. The zero-order valence-corrected chi connectivity index (χ0v) is 59.7. The van der Waals surface area contributed by atoms with Gasteiger partial charge in [-0.25, -0.2) is 4.57 Å². The van der Waals surface area contributed by atoms with Crippen molar-refractivity contribution >= 4 is 19.8 Å². The molecule has 0 aliphatic heterocycles. The molecule has 0 amide bonds. The van der Waals surface area contributed by atoms with Crippen LogP contribution < -0.4 is 5.73 Å². The van der Waals surface area contributed by atoms with Crippen molar-refractivity contribution in [1.29, 1.82) is 0 Å². The molecule has 0 aliphatic rings. The van der Waals surface area contributed by atoms with E-state index >= 15 is 0 Å². The van der Waals surface area contributed by atoms with E-state index in [9.17, 15) is 19.0 Å². The summed E-state index contributed by atoms with van der Waals surface area (Å²) in [7, 11) is -4.40. The number of nitrogens with two attached hydrogens (primary N) is 1. The molecular weight excluding hydrogens is 1150 g/mol. The fraction of sp³-hybridized carbons (Fsp3) is 0.704. The number of hydrogen-bond acceptors (Lipinski definition) is 8. The maximum absolute atomic E-state index is 12.8. The highest BCUT2D eigenvalue weighted by molar-refractivity contribution is 7.47. The van der Waals surface area contributed by atoms with Crippen molar-refractivity contribution < 1.29 is 37.6 Å². The van der Waals surface area contributed by atoms with Crippen LogP contribution in [0.3, 0.4) is 0 Å². The van der Waals surface area contributed by atoms with Crippen LogP contribution in [0.5, 0.6) is 0 Å². The first kappa shape index (κ1) is 87.2. The number of phosphoric acid groups is 1. The fourth-order valence-electron chi connectivity index (χ4n) is 10.5. The maximum Gasteiger partial charge on any atom is 0.472 e. The Morgan fingerprint density at radius 3 is 0.901 bits per heavy atom. The molecule has 0 heterocycles.